The second-order valence-corrected chi connectivity index (χ2v) is 11.1. The highest BCUT2D eigenvalue weighted by Crippen LogP contribution is 2.42. The third-order valence-electron chi connectivity index (χ3n) is 7.60. The number of carbonyl (C=O) groups is 1. The molecule has 0 unspecified atom stereocenters. The number of aromatic nitrogens is 1. The molecule has 3 fully saturated rings. The van der Waals surface area contributed by atoms with Gasteiger partial charge in [0.05, 0.1) is 11.7 Å². The van der Waals surface area contributed by atoms with Crippen molar-refractivity contribution >= 4 is 28.6 Å². The quantitative estimate of drug-likeness (QED) is 0.288. The van der Waals surface area contributed by atoms with Crippen LogP contribution < -0.4 is 0 Å². The van der Waals surface area contributed by atoms with Gasteiger partial charge in [0.2, 0.25) is 0 Å². The number of nitrogens with zero attached hydrogens (tertiary/aromatic N) is 2. The highest BCUT2D eigenvalue weighted by atomic mass is 32.2. The second kappa shape index (κ2) is 10.6. The number of fused-ring (bicyclic) bond motifs is 1. The van der Waals surface area contributed by atoms with Gasteiger partial charge in [-0.1, -0.05) is 19.3 Å². The number of methoxy groups -OCH3 is 2. The smallest absolute Gasteiger partial charge is 0.259 e. The van der Waals surface area contributed by atoms with E-state index in [1.165, 1.54) is 38.5 Å². The number of thioether (sulfide) groups is 1. The van der Waals surface area contributed by atoms with Crippen molar-refractivity contribution in [3.63, 3.8) is 0 Å². The van der Waals surface area contributed by atoms with Crippen LogP contribution in [0.15, 0.2) is 22.7 Å². The lowest BCUT2D eigenvalue weighted by atomic mass is 9.79. The predicted octanol–water partition coefficient (Wildman–Crippen LogP) is 4.42. The fourth-order valence-electron chi connectivity index (χ4n) is 5.13. The first-order valence-corrected chi connectivity index (χ1v) is 13.7. The lowest BCUT2D eigenvalue weighted by molar-refractivity contribution is -0.229. The van der Waals surface area contributed by atoms with Crippen molar-refractivity contribution in [3.8, 4) is 0 Å². The summed E-state index contributed by atoms with van der Waals surface area (Å²) in [7, 11) is 3.21. The zero-order chi connectivity index (χ0) is 23.5. The Labute approximate surface area is 205 Å². The number of amides is 1. The Balaban J connectivity index is 1.38. The largest absolute Gasteiger partial charge is 0.461 e. The molecule has 1 amide bonds. The van der Waals surface area contributed by atoms with Crippen LogP contribution in [0.3, 0.4) is 0 Å². The third kappa shape index (κ3) is 4.87. The molecule has 34 heavy (non-hydrogen) atoms. The summed E-state index contributed by atoms with van der Waals surface area (Å²) in [6, 6.07) is 3.92. The standard InChI is InChI=1S/C26H36N2O5S/c1-30-16-28-24(15-34-14-19-4-3-5-19)26(25(28)29,32-17-31-2)13-22-21-12-20(9-8-18-6-7-18)33-23(21)10-11-27-22/h10-12,18-19,24H,3-9,13-17H2,1-2H3/t24-,26+/m0/s1. The van der Waals surface area contributed by atoms with E-state index >= 15 is 0 Å². The summed E-state index contributed by atoms with van der Waals surface area (Å²) in [5, 5.41) is 0.979. The maximum Gasteiger partial charge on any atom is 0.259 e. The first kappa shape index (κ1) is 24.1. The molecule has 0 bridgehead atoms. The number of furan rings is 1. The van der Waals surface area contributed by atoms with Crippen molar-refractivity contribution in [1.82, 2.24) is 9.88 Å². The Bertz CT molecular complexity index is 989. The van der Waals surface area contributed by atoms with Gasteiger partial charge in [0.25, 0.3) is 5.91 Å². The summed E-state index contributed by atoms with van der Waals surface area (Å²) in [5.41, 5.74) is 0.664. The lowest BCUT2D eigenvalue weighted by Gasteiger charge is -2.54. The first-order valence-electron chi connectivity index (χ1n) is 12.5. The van der Waals surface area contributed by atoms with E-state index in [9.17, 15) is 4.79 Å². The molecular weight excluding hydrogens is 452 g/mol. The maximum atomic E-state index is 13.5. The summed E-state index contributed by atoms with van der Waals surface area (Å²) in [4.78, 5) is 20.0. The Kier molecular flexibility index (Phi) is 7.49. The van der Waals surface area contributed by atoms with E-state index in [4.69, 9.17) is 18.6 Å². The molecule has 7 nitrogen and oxygen atoms in total. The highest BCUT2D eigenvalue weighted by molar-refractivity contribution is 7.99. The van der Waals surface area contributed by atoms with Crippen LogP contribution in [0.4, 0.5) is 0 Å². The molecule has 3 heterocycles. The maximum absolute atomic E-state index is 13.5. The topological polar surface area (TPSA) is 74.0 Å². The van der Waals surface area contributed by atoms with Crippen molar-refractivity contribution in [3.05, 3.63) is 29.8 Å². The van der Waals surface area contributed by atoms with Gasteiger partial charge in [0, 0.05) is 44.4 Å². The van der Waals surface area contributed by atoms with E-state index in [1.54, 1.807) is 25.3 Å². The highest BCUT2D eigenvalue weighted by Gasteiger charge is 2.62. The number of β-lactam (4-membered cyclic amide) rings is 1. The lowest BCUT2D eigenvalue weighted by Crippen LogP contribution is -2.77. The molecule has 1 aliphatic heterocycles. The molecule has 186 valence electrons. The summed E-state index contributed by atoms with van der Waals surface area (Å²) in [6.07, 6.45) is 10.9. The van der Waals surface area contributed by atoms with Crippen molar-refractivity contribution in [2.75, 3.05) is 39.2 Å². The number of likely N-dealkylation sites (tertiary alicyclic amines) is 1. The summed E-state index contributed by atoms with van der Waals surface area (Å²) < 4.78 is 23.0. The molecule has 2 aromatic heterocycles. The van der Waals surface area contributed by atoms with Crippen molar-refractivity contribution < 1.29 is 23.4 Å². The summed E-state index contributed by atoms with van der Waals surface area (Å²) in [5.74, 6) is 4.54. The van der Waals surface area contributed by atoms with Gasteiger partial charge >= 0.3 is 0 Å². The summed E-state index contributed by atoms with van der Waals surface area (Å²) >= 11 is 1.91. The fourth-order valence-corrected chi connectivity index (χ4v) is 6.61. The molecule has 1 saturated heterocycles. The molecule has 0 spiro atoms. The molecule has 8 heteroatoms. The Morgan fingerprint density at radius 2 is 2.03 bits per heavy atom. The second-order valence-electron chi connectivity index (χ2n) is 10.0. The average Bonchev–Trinajstić information content (AvgIpc) is 3.55. The summed E-state index contributed by atoms with van der Waals surface area (Å²) in [6.45, 7) is 0.324. The Morgan fingerprint density at radius 3 is 2.74 bits per heavy atom. The predicted molar refractivity (Wildman–Crippen MR) is 132 cm³/mol. The first-order chi connectivity index (χ1) is 16.6. The van der Waals surface area contributed by atoms with Crippen LogP contribution in [0.5, 0.6) is 0 Å². The van der Waals surface area contributed by atoms with Crippen LogP contribution in [0, 0.1) is 11.8 Å². The van der Waals surface area contributed by atoms with Crippen molar-refractivity contribution in [2.24, 2.45) is 11.8 Å². The fraction of sp³-hybridized carbons (Fsp3) is 0.692. The minimum absolute atomic E-state index is 0.0584. The molecule has 2 saturated carbocycles. The average molecular weight is 489 g/mol. The van der Waals surface area contributed by atoms with Gasteiger partial charge in [0.1, 0.15) is 24.9 Å². The molecular formula is C26H36N2O5S. The zero-order valence-corrected chi connectivity index (χ0v) is 21.1. The van der Waals surface area contributed by atoms with Crippen LogP contribution in [0.25, 0.3) is 11.0 Å². The number of carbonyl (C=O) groups excluding carboxylic acids is 1. The Morgan fingerprint density at radius 1 is 1.18 bits per heavy atom. The van der Waals surface area contributed by atoms with Gasteiger partial charge in [-0.3, -0.25) is 9.78 Å². The van der Waals surface area contributed by atoms with Crippen molar-refractivity contribution in [2.45, 2.75) is 63.0 Å². The van der Waals surface area contributed by atoms with E-state index in [-0.39, 0.29) is 25.5 Å². The SMILES string of the molecule is COCO[C@@]1(Cc2nccc3oc(CCC4CC4)cc23)C(=O)N(COC)[C@H]1CSCC1CCC1. The number of aryl methyl sites for hydroxylation is 1. The van der Waals surface area contributed by atoms with Gasteiger partial charge in [-0.2, -0.15) is 11.8 Å². The van der Waals surface area contributed by atoms with E-state index in [0.717, 1.165) is 52.2 Å². The van der Waals surface area contributed by atoms with Crippen LogP contribution >= 0.6 is 11.8 Å². The molecule has 2 aromatic rings. The Hall–Kier alpha value is -1.61. The van der Waals surface area contributed by atoms with Gasteiger partial charge < -0.3 is 23.5 Å². The van der Waals surface area contributed by atoms with E-state index in [2.05, 4.69) is 11.1 Å². The number of hydrogen-bond donors (Lipinski definition) is 0. The van der Waals surface area contributed by atoms with Crippen LogP contribution in [0.2, 0.25) is 0 Å². The van der Waals surface area contributed by atoms with Gasteiger partial charge in [-0.15, -0.1) is 0 Å². The molecule has 2 atom stereocenters. The van der Waals surface area contributed by atoms with Gasteiger partial charge in [-0.25, -0.2) is 0 Å². The molecule has 0 aromatic carbocycles. The molecule has 5 rings (SSSR count). The number of pyridine rings is 1. The van der Waals surface area contributed by atoms with Crippen LogP contribution in [-0.4, -0.2) is 66.7 Å². The van der Waals surface area contributed by atoms with Gasteiger partial charge in [-0.05, 0) is 49.0 Å². The van der Waals surface area contributed by atoms with Gasteiger partial charge in [0.15, 0.2) is 5.60 Å². The third-order valence-corrected chi connectivity index (χ3v) is 8.86. The molecule has 0 radical (unpaired) electrons. The van der Waals surface area contributed by atoms with Crippen LogP contribution in [-0.2, 0) is 31.8 Å². The zero-order valence-electron chi connectivity index (χ0n) is 20.3. The van der Waals surface area contributed by atoms with E-state index in [0.29, 0.717) is 6.42 Å². The number of hydrogen-bond acceptors (Lipinski definition) is 7. The van der Waals surface area contributed by atoms with E-state index < -0.39 is 5.60 Å². The normalized spacial score (nSPS) is 25.1. The molecule has 0 N–H and O–H groups in total. The van der Waals surface area contributed by atoms with Crippen LogP contribution in [0.1, 0.15) is 50.0 Å². The van der Waals surface area contributed by atoms with E-state index in [1.807, 2.05) is 17.8 Å². The molecule has 2 aliphatic carbocycles. The number of rotatable bonds is 14. The monoisotopic (exact) mass is 488 g/mol. The number of ether oxygens (including phenoxy) is 3. The van der Waals surface area contributed by atoms with Crippen molar-refractivity contribution in [1.29, 1.82) is 0 Å². The minimum Gasteiger partial charge on any atom is -0.461 e. The minimum atomic E-state index is -1.01. The molecule has 3 aliphatic rings.